The van der Waals surface area contributed by atoms with Gasteiger partial charge in [-0.2, -0.15) is 0 Å². The van der Waals surface area contributed by atoms with E-state index in [4.69, 9.17) is 4.74 Å². The first-order chi connectivity index (χ1) is 15.6. The first kappa shape index (κ1) is 17.2. The van der Waals surface area contributed by atoms with Crippen molar-refractivity contribution in [3.63, 3.8) is 0 Å². The molecule has 1 fully saturated rings. The molecule has 3 atom stereocenters. The summed E-state index contributed by atoms with van der Waals surface area (Å²) < 4.78 is 11.4. The Morgan fingerprint density at radius 3 is 2.56 bits per heavy atom. The summed E-state index contributed by atoms with van der Waals surface area (Å²) in [6.07, 6.45) is 0.515. The van der Waals surface area contributed by atoms with E-state index in [2.05, 4.69) is 57.8 Å². The van der Waals surface area contributed by atoms with Gasteiger partial charge in [-0.3, -0.25) is 4.79 Å². The second-order valence-corrected chi connectivity index (χ2v) is 9.47. The molecule has 2 aromatic heterocycles. The van der Waals surface area contributed by atoms with Gasteiger partial charge in [-0.25, -0.2) is 0 Å². The van der Waals surface area contributed by atoms with Gasteiger partial charge in [-0.05, 0) is 24.6 Å². The van der Waals surface area contributed by atoms with Crippen molar-refractivity contribution in [2.75, 3.05) is 6.61 Å². The van der Waals surface area contributed by atoms with Gasteiger partial charge in [0.05, 0.1) is 34.2 Å². The van der Waals surface area contributed by atoms with Gasteiger partial charge in [0.15, 0.2) is 0 Å². The number of hydrogen-bond acceptors (Lipinski definition) is 3. The lowest BCUT2D eigenvalue weighted by molar-refractivity contribution is -0.122. The summed E-state index contributed by atoms with van der Waals surface area (Å²) in [7, 11) is 0. The molecule has 5 aromatic rings. The Morgan fingerprint density at radius 1 is 1.06 bits per heavy atom. The number of nitrogens with zero attached hydrogens (tertiary/aromatic N) is 2. The maximum atomic E-state index is 13.2. The van der Waals surface area contributed by atoms with Crippen LogP contribution in [-0.2, 0) is 17.0 Å². The number of aliphatic hydroxyl groups is 1. The largest absolute Gasteiger partial charge is 0.396 e. The molecule has 8 rings (SSSR count). The van der Waals surface area contributed by atoms with E-state index in [1.165, 1.54) is 0 Å². The third-order valence-corrected chi connectivity index (χ3v) is 8.09. The standard InChI is InChI=1S/C26H21N3O3/c1-26-13(12-30)10-19(32-26)28-17-8-4-2-6-14(17)21-22-16(11-27-25(22)31)20-15-7-3-5-9-18(15)29(26)24(20)23(21)28/h2-9,13,19,30H,10-12H2,1H3,(H,27,31)/t13-,19?,26+/m1/s1. The lowest BCUT2D eigenvalue weighted by atomic mass is 9.94. The average Bonchev–Trinajstić information content (AvgIpc) is 3.51. The van der Waals surface area contributed by atoms with Crippen molar-refractivity contribution in [3.05, 3.63) is 59.7 Å². The van der Waals surface area contributed by atoms with E-state index in [0.717, 1.165) is 61.2 Å². The molecule has 0 spiro atoms. The van der Waals surface area contributed by atoms with Crippen molar-refractivity contribution in [1.29, 1.82) is 0 Å². The van der Waals surface area contributed by atoms with Gasteiger partial charge in [0.1, 0.15) is 12.0 Å². The van der Waals surface area contributed by atoms with Crippen LogP contribution in [0.15, 0.2) is 48.5 Å². The Balaban J connectivity index is 1.78. The summed E-state index contributed by atoms with van der Waals surface area (Å²) >= 11 is 0. The minimum absolute atomic E-state index is 0.00333. The third-order valence-electron chi connectivity index (χ3n) is 8.09. The highest BCUT2D eigenvalue weighted by atomic mass is 16.5. The second-order valence-electron chi connectivity index (χ2n) is 9.47. The zero-order chi connectivity index (χ0) is 21.4. The van der Waals surface area contributed by atoms with Crippen LogP contribution in [0.5, 0.6) is 0 Å². The molecule has 3 aromatic carbocycles. The molecule has 0 saturated carbocycles. The molecule has 0 aliphatic carbocycles. The van der Waals surface area contributed by atoms with Crippen LogP contribution in [0.1, 0.15) is 35.5 Å². The zero-order valence-electron chi connectivity index (χ0n) is 17.6. The quantitative estimate of drug-likeness (QED) is 0.421. The minimum atomic E-state index is -0.682. The fourth-order valence-corrected chi connectivity index (χ4v) is 6.76. The fourth-order valence-electron chi connectivity index (χ4n) is 6.76. The van der Waals surface area contributed by atoms with Gasteiger partial charge < -0.3 is 24.3 Å². The number of hydrogen-bond donors (Lipinski definition) is 2. The number of carbonyl (C=O) groups excluding carboxylic acids is 1. The first-order valence-corrected chi connectivity index (χ1v) is 11.2. The van der Waals surface area contributed by atoms with E-state index < -0.39 is 5.72 Å². The molecule has 5 heterocycles. The normalized spacial score (nSPS) is 26.0. The molecule has 6 nitrogen and oxygen atoms in total. The van der Waals surface area contributed by atoms with Crippen LogP contribution in [0, 0.1) is 5.92 Å². The molecule has 1 unspecified atom stereocenters. The Kier molecular flexibility index (Phi) is 2.88. The van der Waals surface area contributed by atoms with Gasteiger partial charge >= 0.3 is 0 Å². The summed E-state index contributed by atoms with van der Waals surface area (Å²) in [5.74, 6) is -0.0414. The predicted octanol–water partition coefficient (Wildman–Crippen LogP) is 4.36. The van der Waals surface area contributed by atoms with Crippen molar-refractivity contribution < 1.29 is 14.6 Å². The number of aromatic nitrogens is 2. The van der Waals surface area contributed by atoms with Crippen LogP contribution < -0.4 is 5.32 Å². The first-order valence-electron chi connectivity index (χ1n) is 11.2. The molecule has 0 radical (unpaired) electrons. The number of fused-ring (bicyclic) bond motifs is 13. The second kappa shape index (κ2) is 5.34. The zero-order valence-corrected chi connectivity index (χ0v) is 17.6. The molecule has 1 saturated heterocycles. The van der Waals surface area contributed by atoms with Crippen LogP contribution in [0.3, 0.4) is 0 Å². The Morgan fingerprint density at radius 2 is 1.78 bits per heavy atom. The lowest BCUT2D eigenvalue weighted by Gasteiger charge is -2.32. The number of para-hydroxylation sites is 2. The summed E-state index contributed by atoms with van der Waals surface area (Å²) in [4.78, 5) is 13.2. The van der Waals surface area contributed by atoms with Crippen LogP contribution in [0.2, 0.25) is 0 Å². The lowest BCUT2D eigenvalue weighted by Crippen LogP contribution is -2.37. The van der Waals surface area contributed by atoms with E-state index in [1.54, 1.807) is 0 Å². The summed E-state index contributed by atoms with van der Waals surface area (Å²) in [5, 5.41) is 17.8. The van der Waals surface area contributed by atoms with E-state index >= 15 is 0 Å². The number of aliphatic hydroxyl groups excluding tert-OH is 1. The van der Waals surface area contributed by atoms with Crippen molar-refractivity contribution >= 4 is 49.5 Å². The molecule has 3 aliphatic rings. The molecule has 2 bridgehead atoms. The van der Waals surface area contributed by atoms with E-state index in [-0.39, 0.29) is 24.7 Å². The summed E-state index contributed by atoms with van der Waals surface area (Å²) in [5.41, 5.74) is 5.51. The molecular formula is C26H21N3O3. The van der Waals surface area contributed by atoms with Gasteiger partial charge in [-0.1, -0.05) is 36.4 Å². The number of carbonyl (C=O) groups is 1. The molecule has 158 valence electrons. The molecule has 1 amide bonds. The van der Waals surface area contributed by atoms with E-state index in [0.29, 0.717) is 6.54 Å². The summed E-state index contributed by atoms with van der Waals surface area (Å²) in [6.45, 7) is 2.69. The predicted molar refractivity (Wildman–Crippen MR) is 123 cm³/mol. The molecule has 2 N–H and O–H groups in total. The van der Waals surface area contributed by atoms with E-state index in [1.807, 2.05) is 12.1 Å². The van der Waals surface area contributed by atoms with Crippen LogP contribution in [-0.4, -0.2) is 26.8 Å². The topological polar surface area (TPSA) is 68.4 Å². The van der Waals surface area contributed by atoms with Crippen molar-refractivity contribution in [3.8, 4) is 0 Å². The van der Waals surface area contributed by atoms with Gasteiger partial charge in [0.25, 0.3) is 5.91 Å². The summed E-state index contributed by atoms with van der Waals surface area (Å²) in [6, 6.07) is 16.7. The van der Waals surface area contributed by atoms with Crippen molar-refractivity contribution in [2.24, 2.45) is 5.92 Å². The van der Waals surface area contributed by atoms with Crippen molar-refractivity contribution in [1.82, 2.24) is 14.5 Å². The highest BCUT2D eigenvalue weighted by Crippen LogP contribution is 2.55. The van der Waals surface area contributed by atoms with Gasteiger partial charge in [-0.15, -0.1) is 0 Å². The number of rotatable bonds is 1. The van der Waals surface area contributed by atoms with Gasteiger partial charge in [0, 0.05) is 40.4 Å². The molecule has 3 aliphatic heterocycles. The fraction of sp³-hybridized carbons (Fsp3) is 0.269. The third kappa shape index (κ3) is 1.66. The van der Waals surface area contributed by atoms with Crippen molar-refractivity contribution in [2.45, 2.75) is 31.8 Å². The monoisotopic (exact) mass is 423 g/mol. The number of benzene rings is 3. The van der Waals surface area contributed by atoms with Crippen LogP contribution in [0.25, 0.3) is 43.6 Å². The Hall–Kier alpha value is -3.35. The molecule has 6 heteroatoms. The maximum absolute atomic E-state index is 13.2. The Bertz CT molecular complexity index is 1680. The highest BCUT2D eigenvalue weighted by molar-refractivity contribution is 6.31. The smallest absolute Gasteiger partial charge is 0.252 e. The minimum Gasteiger partial charge on any atom is -0.396 e. The number of ether oxygens (including phenoxy) is 1. The molecular weight excluding hydrogens is 402 g/mol. The molecule has 32 heavy (non-hydrogen) atoms. The average molecular weight is 423 g/mol. The highest BCUT2D eigenvalue weighted by Gasteiger charge is 2.51. The number of nitrogens with one attached hydrogen (secondary N) is 1. The van der Waals surface area contributed by atoms with Gasteiger partial charge in [0.2, 0.25) is 0 Å². The maximum Gasteiger partial charge on any atom is 0.252 e. The van der Waals surface area contributed by atoms with E-state index in [9.17, 15) is 9.90 Å². The SMILES string of the molecule is C[C@]12OC(C[C@@H]1CO)n1c3ccccc3c3c4c(c5c6ccccc6n2c5c31)CNC4=O. The number of amides is 1. The van der Waals surface area contributed by atoms with Crippen LogP contribution in [0.4, 0.5) is 0 Å². The van der Waals surface area contributed by atoms with Crippen LogP contribution >= 0.6 is 0 Å². The Labute approximate surface area is 183 Å².